The van der Waals surface area contributed by atoms with Crippen LogP contribution in [-0.4, -0.2) is 0 Å². The summed E-state index contributed by atoms with van der Waals surface area (Å²) in [4.78, 5) is 0. The maximum Gasteiger partial charge on any atom is -0.0282 e. The second-order valence-electron chi connectivity index (χ2n) is 4.63. The summed E-state index contributed by atoms with van der Waals surface area (Å²) < 4.78 is 0. The minimum absolute atomic E-state index is 1.24. The molecule has 0 heteroatoms. The minimum Gasteiger partial charge on any atom is -0.0917 e. The van der Waals surface area contributed by atoms with Gasteiger partial charge in [-0.25, -0.2) is 0 Å². The molecule has 1 aliphatic carbocycles. The number of unbranched alkanes of at least 4 members (excludes halogenated alkanes) is 5. The van der Waals surface area contributed by atoms with Crippen molar-refractivity contribution < 1.29 is 0 Å². The van der Waals surface area contributed by atoms with Crippen molar-refractivity contribution in [2.75, 3.05) is 0 Å². The Labute approximate surface area is 101 Å². The molecule has 0 bridgehead atoms. The molecule has 0 saturated heterocycles. The zero-order valence-electron chi connectivity index (χ0n) is 10.8. The Morgan fingerprint density at radius 1 is 1.06 bits per heavy atom. The van der Waals surface area contributed by atoms with Gasteiger partial charge in [0.1, 0.15) is 0 Å². The molecule has 0 radical (unpaired) electrons. The Morgan fingerprint density at radius 2 is 1.88 bits per heavy atom. The lowest BCUT2D eigenvalue weighted by Gasteiger charge is -2.06. The van der Waals surface area contributed by atoms with Crippen molar-refractivity contribution in [1.29, 1.82) is 0 Å². The second-order valence-corrected chi connectivity index (χ2v) is 4.63. The summed E-state index contributed by atoms with van der Waals surface area (Å²) in [5, 5.41) is 0. The van der Waals surface area contributed by atoms with Gasteiger partial charge in [0, 0.05) is 0 Å². The third-order valence-electron chi connectivity index (χ3n) is 3.14. The lowest BCUT2D eigenvalue weighted by molar-refractivity contribution is 0.617. The average Bonchev–Trinajstić information content (AvgIpc) is 2.34. The van der Waals surface area contributed by atoms with Gasteiger partial charge >= 0.3 is 0 Å². The van der Waals surface area contributed by atoms with Gasteiger partial charge in [0.15, 0.2) is 0 Å². The van der Waals surface area contributed by atoms with Crippen LogP contribution in [0.1, 0.15) is 64.7 Å². The van der Waals surface area contributed by atoms with Crippen LogP contribution >= 0.6 is 0 Å². The molecular formula is C16H26. The van der Waals surface area contributed by atoms with Crippen molar-refractivity contribution >= 4 is 0 Å². The van der Waals surface area contributed by atoms with E-state index >= 15 is 0 Å². The van der Waals surface area contributed by atoms with Crippen LogP contribution in [0.25, 0.3) is 0 Å². The highest BCUT2D eigenvalue weighted by atomic mass is 14.0. The summed E-state index contributed by atoms with van der Waals surface area (Å²) in [5.41, 5.74) is 1.57. The molecule has 0 amide bonds. The summed E-state index contributed by atoms with van der Waals surface area (Å²) in [5.74, 6) is 0. The third-order valence-corrected chi connectivity index (χ3v) is 3.14. The fourth-order valence-electron chi connectivity index (χ4n) is 2.14. The van der Waals surface area contributed by atoms with E-state index in [9.17, 15) is 0 Å². The van der Waals surface area contributed by atoms with E-state index in [-0.39, 0.29) is 0 Å². The molecule has 0 aromatic heterocycles. The summed E-state index contributed by atoms with van der Waals surface area (Å²) in [6.07, 6.45) is 23.5. The van der Waals surface area contributed by atoms with E-state index in [0.29, 0.717) is 0 Å². The number of hydrogen-bond acceptors (Lipinski definition) is 0. The third kappa shape index (κ3) is 6.66. The largest absolute Gasteiger partial charge is 0.0917 e. The van der Waals surface area contributed by atoms with E-state index in [4.69, 9.17) is 0 Å². The van der Waals surface area contributed by atoms with Gasteiger partial charge in [-0.1, -0.05) is 55.2 Å². The normalized spacial score (nSPS) is 15.7. The van der Waals surface area contributed by atoms with Crippen molar-refractivity contribution in [2.24, 2.45) is 0 Å². The van der Waals surface area contributed by atoms with Crippen LogP contribution in [0.5, 0.6) is 0 Å². The topological polar surface area (TPSA) is 0 Å². The maximum absolute atomic E-state index is 2.41. The summed E-state index contributed by atoms with van der Waals surface area (Å²) in [6.45, 7) is 2.10. The molecule has 0 unspecified atom stereocenters. The van der Waals surface area contributed by atoms with Gasteiger partial charge in [0.2, 0.25) is 0 Å². The van der Waals surface area contributed by atoms with E-state index in [0.717, 1.165) is 0 Å². The summed E-state index contributed by atoms with van der Waals surface area (Å²) >= 11 is 0. The molecule has 0 aromatic rings. The van der Waals surface area contributed by atoms with Gasteiger partial charge in [0.05, 0.1) is 0 Å². The first-order valence-corrected chi connectivity index (χ1v) is 6.90. The van der Waals surface area contributed by atoms with Crippen molar-refractivity contribution in [2.45, 2.75) is 64.7 Å². The molecule has 0 saturated carbocycles. The molecule has 0 atom stereocenters. The summed E-state index contributed by atoms with van der Waals surface area (Å²) in [6, 6.07) is 0. The molecule has 1 aliphatic rings. The highest BCUT2D eigenvalue weighted by Gasteiger charge is 1.97. The molecule has 0 fully saturated rings. The molecule has 0 aromatic carbocycles. The van der Waals surface area contributed by atoms with E-state index in [1.54, 1.807) is 5.57 Å². The monoisotopic (exact) mass is 218 g/mol. The average molecular weight is 218 g/mol. The van der Waals surface area contributed by atoms with Crippen LogP contribution < -0.4 is 0 Å². The van der Waals surface area contributed by atoms with Crippen LogP contribution in [0.4, 0.5) is 0 Å². The van der Waals surface area contributed by atoms with Gasteiger partial charge in [-0.15, -0.1) is 0 Å². The second kappa shape index (κ2) is 9.45. The van der Waals surface area contributed by atoms with Crippen LogP contribution in [-0.2, 0) is 0 Å². The molecule has 16 heavy (non-hydrogen) atoms. The minimum atomic E-state index is 1.24. The zero-order valence-corrected chi connectivity index (χ0v) is 10.8. The molecule has 0 aliphatic heterocycles. The Hall–Kier alpha value is -0.780. The quantitative estimate of drug-likeness (QED) is 0.369. The van der Waals surface area contributed by atoms with Crippen LogP contribution in [0, 0.1) is 0 Å². The van der Waals surface area contributed by atoms with Crippen LogP contribution in [0.15, 0.2) is 36.0 Å². The van der Waals surface area contributed by atoms with E-state index in [1.165, 1.54) is 57.8 Å². The van der Waals surface area contributed by atoms with Crippen molar-refractivity contribution in [3.05, 3.63) is 36.0 Å². The van der Waals surface area contributed by atoms with Gasteiger partial charge in [-0.05, 0) is 45.4 Å². The number of allylic oxidation sites excluding steroid dienone is 6. The highest BCUT2D eigenvalue weighted by Crippen LogP contribution is 2.17. The van der Waals surface area contributed by atoms with E-state index in [2.05, 4.69) is 37.3 Å². The van der Waals surface area contributed by atoms with Gasteiger partial charge in [-0.2, -0.15) is 0 Å². The Kier molecular flexibility index (Phi) is 7.84. The van der Waals surface area contributed by atoms with Crippen molar-refractivity contribution in [3.63, 3.8) is 0 Å². The fraction of sp³-hybridized carbons (Fsp3) is 0.625. The molecule has 0 spiro atoms. The first kappa shape index (κ1) is 13.3. The lowest BCUT2D eigenvalue weighted by Crippen LogP contribution is -1.86. The van der Waals surface area contributed by atoms with Gasteiger partial charge in [-0.3, -0.25) is 0 Å². The number of hydrogen-bond donors (Lipinski definition) is 0. The molecule has 1 rings (SSSR count). The number of rotatable bonds is 8. The fourth-order valence-corrected chi connectivity index (χ4v) is 2.14. The van der Waals surface area contributed by atoms with Crippen LogP contribution in [0.3, 0.4) is 0 Å². The van der Waals surface area contributed by atoms with Crippen molar-refractivity contribution in [3.8, 4) is 0 Å². The zero-order chi connectivity index (χ0) is 11.5. The van der Waals surface area contributed by atoms with E-state index in [1.807, 2.05) is 0 Å². The maximum atomic E-state index is 2.41. The summed E-state index contributed by atoms with van der Waals surface area (Å²) in [7, 11) is 0. The molecule has 90 valence electrons. The smallest absolute Gasteiger partial charge is 0.0282 e. The lowest BCUT2D eigenvalue weighted by atomic mass is 10.0. The van der Waals surface area contributed by atoms with Crippen LogP contribution in [0.2, 0.25) is 0 Å². The molecule has 0 N–H and O–H groups in total. The molecule has 0 nitrogen and oxygen atoms in total. The Balaban J connectivity index is 1.88. The van der Waals surface area contributed by atoms with Gasteiger partial charge in [0.25, 0.3) is 0 Å². The Morgan fingerprint density at radius 3 is 2.62 bits per heavy atom. The predicted octanol–water partition coefficient (Wildman–Crippen LogP) is 5.57. The Bertz CT molecular complexity index is 243. The van der Waals surface area contributed by atoms with Crippen molar-refractivity contribution in [1.82, 2.24) is 0 Å². The predicted molar refractivity (Wildman–Crippen MR) is 73.6 cm³/mol. The van der Waals surface area contributed by atoms with Gasteiger partial charge < -0.3 is 0 Å². The highest BCUT2D eigenvalue weighted by molar-refractivity contribution is 5.21. The SMILES string of the molecule is C/C=C/CCCCCCCC1=CCCC=C1. The first-order chi connectivity index (χ1) is 7.93. The molecule has 0 heterocycles. The standard InChI is InChI=1S/C16H26/c1-2-3-4-5-6-7-8-10-13-16-14-11-9-12-15-16/h2-3,11,14-15H,4-10,12-13H2,1H3/b3-2+. The molecular weight excluding hydrogens is 192 g/mol. The van der Waals surface area contributed by atoms with E-state index < -0.39 is 0 Å². The first-order valence-electron chi connectivity index (χ1n) is 6.90.